The van der Waals surface area contributed by atoms with E-state index in [1.165, 1.54) is 44.5 Å². The Balaban J connectivity index is 1.06. The van der Waals surface area contributed by atoms with Crippen LogP contribution in [0.1, 0.15) is 22.3 Å². The first-order valence-corrected chi connectivity index (χ1v) is 18.7. The fourth-order valence-electron chi connectivity index (χ4n) is 8.35. The third-order valence-electron chi connectivity index (χ3n) is 10.8. The minimum atomic E-state index is -0.430. The molecule has 0 N–H and O–H groups in total. The Bertz CT molecular complexity index is 2680. The lowest BCUT2D eigenvalue weighted by Crippen LogP contribution is -2.28. The second-order valence-electron chi connectivity index (χ2n) is 14.0. The third-order valence-corrected chi connectivity index (χ3v) is 10.8. The maximum Gasteiger partial charge on any atom is 0.164 e. The van der Waals surface area contributed by atoms with E-state index in [-0.39, 0.29) is 0 Å². The van der Waals surface area contributed by atoms with Gasteiger partial charge >= 0.3 is 0 Å². The van der Waals surface area contributed by atoms with Crippen LogP contribution >= 0.6 is 0 Å². The largest absolute Gasteiger partial charge is 0.208 e. The summed E-state index contributed by atoms with van der Waals surface area (Å²) in [5.41, 5.74) is 14.8. The van der Waals surface area contributed by atoms with Crippen LogP contribution in [0.4, 0.5) is 0 Å². The van der Waals surface area contributed by atoms with Gasteiger partial charge in [0.15, 0.2) is 17.5 Å². The molecule has 0 saturated carbocycles. The number of nitrogens with zero attached hydrogens (tertiary/aromatic N) is 3. The molecule has 258 valence electrons. The van der Waals surface area contributed by atoms with Crippen LogP contribution < -0.4 is 0 Å². The number of fused-ring (bicyclic) bond motifs is 3. The average Bonchev–Trinajstić information content (AvgIpc) is 3.59. The maximum absolute atomic E-state index is 4.97. The van der Waals surface area contributed by atoms with Gasteiger partial charge in [-0.1, -0.05) is 206 Å². The number of rotatable bonds is 7. The van der Waals surface area contributed by atoms with E-state index < -0.39 is 5.41 Å². The van der Waals surface area contributed by atoms with E-state index in [4.69, 9.17) is 15.0 Å². The van der Waals surface area contributed by atoms with Crippen LogP contribution in [-0.4, -0.2) is 15.0 Å². The molecule has 3 nitrogen and oxygen atoms in total. The predicted molar refractivity (Wildman–Crippen MR) is 224 cm³/mol. The van der Waals surface area contributed by atoms with E-state index in [9.17, 15) is 0 Å². The average molecular weight is 702 g/mol. The lowest BCUT2D eigenvalue weighted by Gasteiger charge is -2.34. The van der Waals surface area contributed by atoms with Gasteiger partial charge in [0.05, 0.1) is 5.41 Å². The first-order chi connectivity index (χ1) is 27.3. The Morgan fingerprint density at radius 2 is 0.691 bits per heavy atom. The number of aromatic nitrogens is 3. The van der Waals surface area contributed by atoms with Crippen LogP contribution in [0.15, 0.2) is 212 Å². The highest BCUT2D eigenvalue weighted by Gasteiger charge is 2.46. The normalized spacial score (nSPS) is 12.5. The van der Waals surface area contributed by atoms with Crippen molar-refractivity contribution in [3.8, 4) is 67.5 Å². The molecule has 1 aromatic heterocycles. The Hall–Kier alpha value is -7.23. The molecule has 0 fully saturated rings. The van der Waals surface area contributed by atoms with Gasteiger partial charge in [-0.25, -0.2) is 15.0 Å². The molecule has 0 radical (unpaired) electrons. The smallest absolute Gasteiger partial charge is 0.164 e. The van der Waals surface area contributed by atoms with Gasteiger partial charge in [-0.15, -0.1) is 0 Å². The molecule has 1 aliphatic carbocycles. The van der Waals surface area contributed by atoms with Crippen LogP contribution in [0, 0.1) is 0 Å². The molecule has 0 bridgehead atoms. The molecule has 55 heavy (non-hydrogen) atoms. The molecule has 8 aromatic carbocycles. The fraction of sp³-hybridized carbons (Fsp3) is 0.0192. The van der Waals surface area contributed by atoms with Gasteiger partial charge in [0.25, 0.3) is 0 Å². The van der Waals surface area contributed by atoms with Crippen molar-refractivity contribution in [3.05, 3.63) is 235 Å². The zero-order chi connectivity index (χ0) is 36.6. The molecular formula is C52H35N3. The summed E-state index contributed by atoms with van der Waals surface area (Å²) in [6.07, 6.45) is 0. The SMILES string of the molecule is c1ccc(-c2nc(-c3ccccc3)nc(-c3cccc(-c4ccc(-c5cccc6c5-c5ccccc5C6(c5ccccc5)c5ccccc5)cc4)c3)n2)cc1. The van der Waals surface area contributed by atoms with Gasteiger partial charge in [-0.05, 0) is 61.7 Å². The van der Waals surface area contributed by atoms with Crippen molar-refractivity contribution < 1.29 is 0 Å². The van der Waals surface area contributed by atoms with Crippen LogP contribution in [0.25, 0.3) is 67.5 Å². The molecule has 0 saturated heterocycles. The van der Waals surface area contributed by atoms with Gasteiger partial charge in [0.2, 0.25) is 0 Å². The van der Waals surface area contributed by atoms with Crippen LogP contribution in [0.5, 0.6) is 0 Å². The molecule has 0 aliphatic heterocycles. The predicted octanol–water partition coefficient (Wildman–Crippen LogP) is 12.6. The maximum atomic E-state index is 4.97. The van der Waals surface area contributed by atoms with Crippen molar-refractivity contribution >= 4 is 0 Å². The highest BCUT2D eigenvalue weighted by Crippen LogP contribution is 2.58. The summed E-state index contributed by atoms with van der Waals surface area (Å²) in [5.74, 6) is 1.95. The number of benzene rings is 8. The topological polar surface area (TPSA) is 38.7 Å². The summed E-state index contributed by atoms with van der Waals surface area (Å²) in [6, 6.07) is 75.4. The number of hydrogen-bond donors (Lipinski definition) is 0. The van der Waals surface area contributed by atoms with Crippen molar-refractivity contribution in [2.45, 2.75) is 5.41 Å². The molecule has 0 spiro atoms. The third kappa shape index (κ3) is 5.57. The van der Waals surface area contributed by atoms with Crippen molar-refractivity contribution in [2.24, 2.45) is 0 Å². The van der Waals surface area contributed by atoms with E-state index in [1.54, 1.807) is 0 Å². The molecular weight excluding hydrogens is 667 g/mol. The molecule has 3 heteroatoms. The monoisotopic (exact) mass is 701 g/mol. The van der Waals surface area contributed by atoms with Gasteiger partial charge in [0, 0.05) is 16.7 Å². The fourth-order valence-corrected chi connectivity index (χ4v) is 8.35. The highest BCUT2D eigenvalue weighted by atomic mass is 15.0. The zero-order valence-electron chi connectivity index (χ0n) is 30.0. The Morgan fingerprint density at radius 3 is 1.29 bits per heavy atom. The van der Waals surface area contributed by atoms with Crippen molar-refractivity contribution in [3.63, 3.8) is 0 Å². The van der Waals surface area contributed by atoms with Gasteiger partial charge in [-0.2, -0.15) is 0 Å². The Labute approximate surface area is 321 Å². The molecule has 1 heterocycles. The van der Waals surface area contributed by atoms with E-state index in [0.717, 1.165) is 27.8 Å². The molecule has 10 rings (SSSR count). The van der Waals surface area contributed by atoms with Crippen molar-refractivity contribution in [1.82, 2.24) is 15.0 Å². The minimum Gasteiger partial charge on any atom is -0.208 e. The zero-order valence-corrected chi connectivity index (χ0v) is 30.0. The Kier molecular flexibility index (Phi) is 8.04. The van der Waals surface area contributed by atoms with Crippen molar-refractivity contribution in [2.75, 3.05) is 0 Å². The van der Waals surface area contributed by atoms with Gasteiger partial charge < -0.3 is 0 Å². The Morgan fingerprint density at radius 1 is 0.273 bits per heavy atom. The summed E-state index contributed by atoms with van der Waals surface area (Å²) in [7, 11) is 0. The molecule has 0 amide bonds. The standard InChI is InChI=1S/C52H35N3/c1-5-17-38(18-6-1)49-53-50(39-19-7-2-8-20-39)55-51(54-49)41-22-15-21-40(35-41)36-31-33-37(34-32-36)44-28-16-30-47-48(44)45-27-13-14-29-46(45)52(47,42-23-9-3-10-24-42)43-25-11-4-12-26-43/h1-35H. The van der Waals surface area contributed by atoms with E-state index in [0.29, 0.717) is 17.5 Å². The lowest BCUT2D eigenvalue weighted by atomic mass is 9.67. The summed E-state index contributed by atoms with van der Waals surface area (Å²) in [6.45, 7) is 0. The quantitative estimate of drug-likeness (QED) is 0.166. The van der Waals surface area contributed by atoms with Crippen LogP contribution in [0.3, 0.4) is 0 Å². The number of hydrogen-bond acceptors (Lipinski definition) is 3. The summed E-state index contributed by atoms with van der Waals surface area (Å²) in [5, 5.41) is 0. The second kappa shape index (κ2) is 13.6. The first kappa shape index (κ1) is 32.4. The molecule has 1 aliphatic rings. The minimum absolute atomic E-state index is 0.430. The van der Waals surface area contributed by atoms with E-state index >= 15 is 0 Å². The molecule has 0 atom stereocenters. The van der Waals surface area contributed by atoms with Crippen molar-refractivity contribution in [1.29, 1.82) is 0 Å². The van der Waals surface area contributed by atoms with E-state index in [2.05, 4.69) is 152 Å². The molecule has 0 unspecified atom stereocenters. The molecule has 9 aromatic rings. The summed E-state index contributed by atoms with van der Waals surface area (Å²) >= 11 is 0. The van der Waals surface area contributed by atoms with Crippen LogP contribution in [0.2, 0.25) is 0 Å². The van der Waals surface area contributed by atoms with Crippen LogP contribution in [-0.2, 0) is 5.41 Å². The summed E-state index contributed by atoms with van der Waals surface area (Å²) in [4.78, 5) is 14.8. The van der Waals surface area contributed by atoms with Gasteiger partial charge in [0.1, 0.15) is 0 Å². The highest BCUT2D eigenvalue weighted by molar-refractivity contribution is 5.95. The summed E-state index contributed by atoms with van der Waals surface area (Å²) < 4.78 is 0. The second-order valence-corrected chi connectivity index (χ2v) is 14.0. The van der Waals surface area contributed by atoms with E-state index in [1.807, 2.05) is 60.7 Å². The van der Waals surface area contributed by atoms with Gasteiger partial charge in [-0.3, -0.25) is 0 Å². The first-order valence-electron chi connectivity index (χ1n) is 18.7. The lowest BCUT2D eigenvalue weighted by molar-refractivity contribution is 0.768.